The maximum atomic E-state index is 12.7. The maximum Gasteiger partial charge on any atom is 0.240 e. The first-order valence-corrected chi connectivity index (χ1v) is 8.59. The third-order valence-electron chi connectivity index (χ3n) is 5.13. The number of nitrogens with zero attached hydrogens (tertiary/aromatic N) is 2. The van der Waals surface area contributed by atoms with Crippen LogP contribution in [0.1, 0.15) is 25.7 Å². The minimum absolute atomic E-state index is 0.00759. The van der Waals surface area contributed by atoms with Crippen molar-refractivity contribution in [2.24, 2.45) is 11.7 Å². The topological polar surface area (TPSA) is 75.9 Å². The molecule has 6 heteroatoms. The number of primary amides is 1. The Morgan fingerprint density at radius 2 is 1.92 bits per heavy atom. The van der Waals surface area contributed by atoms with Crippen LogP contribution in [0.4, 0.5) is 5.69 Å². The second kappa shape index (κ2) is 7.11. The lowest BCUT2D eigenvalue weighted by molar-refractivity contribution is -0.141. The lowest BCUT2D eigenvalue weighted by atomic mass is 9.94. The van der Waals surface area contributed by atoms with E-state index in [4.69, 9.17) is 10.5 Å². The van der Waals surface area contributed by atoms with Crippen molar-refractivity contribution in [3.8, 4) is 5.75 Å². The number of hydrogen-bond donors (Lipinski definition) is 1. The third kappa shape index (κ3) is 3.32. The molecule has 0 aromatic heterocycles. The molecule has 2 amide bonds. The van der Waals surface area contributed by atoms with Gasteiger partial charge in [-0.2, -0.15) is 0 Å². The summed E-state index contributed by atoms with van der Waals surface area (Å²) in [5.41, 5.74) is 6.55. The first kappa shape index (κ1) is 16.6. The Balaban J connectivity index is 1.60. The number of nitrogens with two attached hydrogens (primary N) is 1. The predicted octanol–water partition coefficient (Wildman–Crippen LogP) is 1.39. The van der Waals surface area contributed by atoms with Gasteiger partial charge in [0.25, 0.3) is 0 Å². The second-order valence-electron chi connectivity index (χ2n) is 6.55. The molecule has 1 aromatic carbocycles. The van der Waals surface area contributed by atoms with Crippen molar-refractivity contribution in [3.63, 3.8) is 0 Å². The highest BCUT2D eigenvalue weighted by atomic mass is 16.5. The van der Waals surface area contributed by atoms with Crippen LogP contribution in [0.15, 0.2) is 24.3 Å². The Kier molecular flexibility index (Phi) is 4.92. The zero-order valence-electron chi connectivity index (χ0n) is 14.1. The SMILES string of the molecule is COc1cccc(N2CCC(C(=O)N3CCC[C@H]3C(N)=O)CC2)c1. The molecule has 2 aliphatic heterocycles. The molecule has 0 radical (unpaired) electrons. The molecule has 0 spiro atoms. The molecule has 2 N–H and O–H groups in total. The van der Waals surface area contributed by atoms with Crippen LogP contribution in [0, 0.1) is 5.92 Å². The number of carbonyl (C=O) groups excluding carboxylic acids is 2. The van der Waals surface area contributed by atoms with Gasteiger partial charge in [-0.3, -0.25) is 9.59 Å². The molecule has 6 nitrogen and oxygen atoms in total. The highest BCUT2D eigenvalue weighted by molar-refractivity contribution is 5.88. The number of benzene rings is 1. The van der Waals surface area contributed by atoms with Crippen LogP contribution in [0.5, 0.6) is 5.75 Å². The fraction of sp³-hybridized carbons (Fsp3) is 0.556. The summed E-state index contributed by atoms with van der Waals surface area (Å²) < 4.78 is 5.28. The molecule has 130 valence electrons. The molecular formula is C18H25N3O3. The number of amides is 2. The monoisotopic (exact) mass is 331 g/mol. The summed E-state index contributed by atoms with van der Waals surface area (Å²) in [5, 5.41) is 0. The van der Waals surface area contributed by atoms with Crippen molar-refractivity contribution >= 4 is 17.5 Å². The summed E-state index contributed by atoms with van der Waals surface area (Å²) in [6, 6.07) is 7.58. The maximum absolute atomic E-state index is 12.7. The van der Waals surface area contributed by atoms with Crippen LogP contribution in [-0.4, -0.2) is 49.5 Å². The van der Waals surface area contributed by atoms with Gasteiger partial charge >= 0.3 is 0 Å². The molecule has 0 unspecified atom stereocenters. The fourth-order valence-electron chi connectivity index (χ4n) is 3.75. The van der Waals surface area contributed by atoms with Crippen molar-refractivity contribution in [2.75, 3.05) is 31.6 Å². The standard InChI is InChI=1S/C18H25N3O3/c1-24-15-5-2-4-14(12-15)20-10-7-13(8-11-20)18(23)21-9-3-6-16(21)17(19)22/h2,4-5,12-13,16H,3,6-11H2,1H3,(H2,19,22)/t16-/m0/s1. The number of likely N-dealkylation sites (tertiary alicyclic amines) is 1. The van der Waals surface area contributed by atoms with Gasteiger partial charge in [0.2, 0.25) is 11.8 Å². The van der Waals surface area contributed by atoms with Gasteiger partial charge in [-0.1, -0.05) is 6.07 Å². The van der Waals surface area contributed by atoms with E-state index >= 15 is 0 Å². The minimum Gasteiger partial charge on any atom is -0.497 e. The van der Waals surface area contributed by atoms with Gasteiger partial charge in [0.05, 0.1) is 7.11 Å². The number of carbonyl (C=O) groups is 2. The Morgan fingerprint density at radius 1 is 1.17 bits per heavy atom. The number of ether oxygens (including phenoxy) is 1. The average Bonchev–Trinajstić information content (AvgIpc) is 3.11. The lowest BCUT2D eigenvalue weighted by Crippen LogP contribution is -2.48. The summed E-state index contributed by atoms with van der Waals surface area (Å²) in [6.07, 6.45) is 3.17. The molecule has 0 saturated carbocycles. The van der Waals surface area contributed by atoms with Crippen molar-refractivity contribution in [3.05, 3.63) is 24.3 Å². The van der Waals surface area contributed by atoms with Gasteiger partial charge in [-0.05, 0) is 37.8 Å². The molecule has 1 atom stereocenters. The van der Waals surface area contributed by atoms with Crippen LogP contribution in [-0.2, 0) is 9.59 Å². The van der Waals surface area contributed by atoms with Crippen molar-refractivity contribution in [1.29, 1.82) is 0 Å². The largest absolute Gasteiger partial charge is 0.497 e. The minimum atomic E-state index is -0.408. The Bertz CT molecular complexity index is 611. The van der Waals surface area contributed by atoms with E-state index < -0.39 is 6.04 Å². The molecule has 0 bridgehead atoms. The van der Waals surface area contributed by atoms with E-state index in [1.807, 2.05) is 18.2 Å². The summed E-state index contributed by atoms with van der Waals surface area (Å²) in [4.78, 5) is 28.2. The molecule has 1 aromatic rings. The zero-order valence-corrected chi connectivity index (χ0v) is 14.1. The van der Waals surface area contributed by atoms with Crippen LogP contribution < -0.4 is 15.4 Å². The van der Waals surface area contributed by atoms with E-state index in [1.54, 1.807) is 12.0 Å². The molecule has 2 fully saturated rings. The molecule has 3 rings (SSSR count). The van der Waals surface area contributed by atoms with Gasteiger partial charge in [0, 0.05) is 37.3 Å². The molecule has 0 aliphatic carbocycles. The lowest BCUT2D eigenvalue weighted by Gasteiger charge is -2.35. The van der Waals surface area contributed by atoms with Crippen LogP contribution in [0.25, 0.3) is 0 Å². The second-order valence-corrected chi connectivity index (χ2v) is 6.55. The van der Waals surface area contributed by atoms with Gasteiger partial charge in [0.1, 0.15) is 11.8 Å². The van der Waals surface area contributed by atoms with Crippen LogP contribution >= 0.6 is 0 Å². The van der Waals surface area contributed by atoms with Crippen molar-refractivity contribution in [1.82, 2.24) is 4.90 Å². The predicted molar refractivity (Wildman–Crippen MR) is 91.9 cm³/mol. The first-order chi connectivity index (χ1) is 11.6. The summed E-state index contributed by atoms with van der Waals surface area (Å²) in [7, 11) is 1.66. The quantitative estimate of drug-likeness (QED) is 0.904. The number of hydrogen-bond acceptors (Lipinski definition) is 4. The number of piperidine rings is 1. The number of rotatable bonds is 4. The number of anilines is 1. The molecule has 24 heavy (non-hydrogen) atoms. The first-order valence-electron chi connectivity index (χ1n) is 8.59. The molecule has 2 heterocycles. The zero-order chi connectivity index (χ0) is 17.1. The summed E-state index contributed by atoms with van der Waals surface area (Å²) in [5.74, 6) is 0.551. The molecular weight excluding hydrogens is 306 g/mol. The number of methoxy groups -OCH3 is 1. The summed E-state index contributed by atoms with van der Waals surface area (Å²) in [6.45, 7) is 2.32. The Labute approximate surface area is 142 Å². The van der Waals surface area contributed by atoms with Crippen molar-refractivity contribution < 1.29 is 14.3 Å². The van der Waals surface area contributed by atoms with E-state index in [2.05, 4.69) is 11.0 Å². The fourth-order valence-corrected chi connectivity index (χ4v) is 3.75. The third-order valence-corrected chi connectivity index (χ3v) is 5.13. The smallest absolute Gasteiger partial charge is 0.240 e. The summed E-state index contributed by atoms with van der Waals surface area (Å²) >= 11 is 0. The normalized spacial score (nSPS) is 21.8. The molecule has 2 saturated heterocycles. The van der Waals surface area contributed by atoms with Crippen LogP contribution in [0.3, 0.4) is 0 Å². The average molecular weight is 331 g/mol. The Hall–Kier alpha value is -2.24. The van der Waals surface area contributed by atoms with Gasteiger partial charge in [-0.15, -0.1) is 0 Å². The van der Waals surface area contributed by atoms with Crippen molar-refractivity contribution in [2.45, 2.75) is 31.7 Å². The van der Waals surface area contributed by atoms with E-state index in [0.29, 0.717) is 13.0 Å². The van der Waals surface area contributed by atoms with Crippen LogP contribution in [0.2, 0.25) is 0 Å². The Morgan fingerprint density at radius 3 is 2.58 bits per heavy atom. The highest BCUT2D eigenvalue weighted by Crippen LogP contribution is 2.29. The van der Waals surface area contributed by atoms with E-state index in [1.165, 1.54) is 0 Å². The highest BCUT2D eigenvalue weighted by Gasteiger charge is 2.37. The van der Waals surface area contributed by atoms with Gasteiger partial charge in [0.15, 0.2) is 0 Å². The van der Waals surface area contributed by atoms with Gasteiger partial charge in [-0.25, -0.2) is 0 Å². The van der Waals surface area contributed by atoms with E-state index in [9.17, 15) is 9.59 Å². The van der Waals surface area contributed by atoms with Gasteiger partial charge < -0.3 is 20.3 Å². The molecule has 2 aliphatic rings. The van der Waals surface area contributed by atoms with E-state index in [-0.39, 0.29) is 17.7 Å². The van der Waals surface area contributed by atoms with E-state index in [0.717, 1.165) is 43.8 Å².